The Morgan fingerprint density at radius 3 is 2.35 bits per heavy atom. The van der Waals surface area contributed by atoms with Crippen LogP contribution in [0.4, 0.5) is 0 Å². The lowest BCUT2D eigenvalue weighted by molar-refractivity contribution is -0.131. The number of methoxy groups -OCH3 is 1. The normalized spacial score (nSPS) is 11.3. The van der Waals surface area contributed by atoms with Crippen LogP contribution in [0.2, 0.25) is 0 Å². The van der Waals surface area contributed by atoms with Crippen molar-refractivity contribution in [3.63, 3.8) is 0 Å². The van der Waals surface area contributed by atoms with E-state index in [9.17, 15) is 14.4 Å². The minimum absolute atomic E-state index is 0.240. The van der Waals surface area contributed by atoms with Crippen LogP contribution >= 0.6 is 0 Å². The fourth-order valence-electron chi connectivity index (χ4n) is 2.34. The molecule has 26 heavy (non-hydrogen) atoms. The van der Waals surface area contributed by atoms with Gasteiger partial charge in [0.1, 0.15) is 17.5 Å². The smallest absolute Gasteiger partial charge is 0.308 e. The molecule has 2 aromatic carbocycles. The van der Waals surface area contributed by atoms with Crippen molar-refractivity contribution < 1.29 is 23.9 Å². The number of ether oxygens (including phenoxy) is 2. The first-order valence-electron chi connectivity index (χ1n) is 7.90. The highest BCUT2D eigenvalue weighted by Gasteiger charge is 2.20. The summed E-state index contributed by atoms with van der Waals surface area (Å²) in [4.78, 5) is 35.0. The molecule has 0 saturated carbocycles. The Bertz CT molecular complexity index is 802. The zero-order chi connectivity index (χ0) is 19.1. The molecule has 0 heterocycles. The van der Waals surface area contributed by atoms with Gasteiger partial charge in [0.25, 0.3) is 5.91 Å². The van der Waals surface area contributed by atoms with Gasteiger partial charge in [-0.15, -0.1) is 0 Å². The second-order valence-corrected chi connectivity index (χ2v) is 5.60. The highest BCUT2D eigenvalue weighted by molar-refractivity contribution is 5.97. The van der Waals surface area contributed by atoms with E-state index in [1.54, 1.807) is 25.3 Å². The molecule has 0 aromatic heterocycles. The molecule has 7 nitrogen and oxygen atoms in total. The van der Waals surface area contributed by atoms with E-state index in [4.69, 9.17) is 15.2 Å². The minimum atomic E-state index is -0.872. The average molecular weight is 356 g/mol. The lowest BCUT2D eigenvalue weighted by Gasteiger charge is -2.16. The molecule has 0 unspecified atom stereocenters. The van der Waals surface area contributed by atoms with Gasteiger partial charge in [-0.05, 0) is 42.0 Å². The van der Waals surface area contributed by atoms with Crippen molar-refractivity contribution in [2.24, 2.45) is 5.73 Å². The highest BCUT2D eigenvalue weighted by Crippen LogP contribution is 2.15. The van der Waals surface area contributed by atoms with E-state index in [1.165, 1.54) is 31.2 Å². The average Bonchev–Trinajstić information content (AvgIpc) is 2.61. The Morgan fingerprint density at radius 1 is 1.08 bits per heavy atom. The first-order chi connectivity index (χ1) is 12.4. The number of benzene rings is 2. The van der Waals surface area contributed by atoms with Crippen LogP contribution in [0.3, 0.4) is 0 Å². The van der Waals surface area contributed by atoms with E-state index >= 15 is 0 Å². The van der Waals surface area contributed by atoms with Gasteiger partial charge in [-0.3, -0.25) is 14.4 Å². The van der Waals surface area contributed by atoms with E-state index in [1.807, 2.05) is 6.07 Å². The molecular formula is C19H20N2O5. The molecule has 0 aliphatic heterocycles. The van der Waals surface area contributed by atoms with Gasteiger partial charge >= 0.3 is 5.97 Å². The number of nitrogens with two attached hydrogens (primary N) is 1. The molecule has 1 atom stereocenters. The van der Waals surface area contributed by atoms with E-state index < -0.39 is 23.8 Å². The molecule has 0 spiro atoms. The van der Waals surface area contributed by atoms with Crippen molar-refractivity contribution in [3.8, 4) is 11.5 Å². The summed E-state index contributed by atoms with van der Waals surface area (Å²) in [5, 5.41) is 2.62. The predicted molar refractivity (Wildman–Crippen MR) is 94.9 cm³/mol. The largest absolute Gasteiger partial charge is 0.497 e. The van der Waals surface area contributed by atoms with Gasteiger partial charge in [0, 0.05) is 18.9 Å². The van der Waals surface area contributed by atoms with Crippen molar-refractivity contribution in [2.75, 3.05) is 7.11 Å². The van der Waals surface area contributed by atoms with Crippen LogP contribution in [0.1, 0.15) is 22.8 Å². The van der Waals surface area contributed by atoms with Gasteiger partial charge in [0.05, 0.1) is 7.11 Å². The van der Waals surface area contributed by atoms with Gasteiger partial charge in [-0.25, -0.2) is 0 Å². The summed E-state index contributed by atoms with van der Waals surface area (Å²) in [6, 6.07) is 12.3. The monoisotopic (exact) mass is 356 g/mol. The molecule has 0 bridgehead atoms. The number of rotatable bonds is 7. The van der Waals surface area contributed by atoms with Crippen LogP contribution in [0.25, 0.3) is 0 Å². The number of amides is 2. The summed E-state index contributed by atoms with van der Waals surface area (Å²) in [5.41, 5.74) is 6.54. The molecule has 2 rings (SSSR count). The summed E-state index contributed by atoms with van der Waals surface area (Å²) in [7, 11) is 1.55. The third kappa shape index (κ3) is 5.34. The van der Waals surface area contributed by atoms with Gasteiger partial charge < -0.3 is 20.5 Å². The van der Waals surface area contributed by atoms with Gasteiger partial charge in [0.15, 0.2) is 0 Å². The Labute approximate surface area is 151 Å². The molecule has 136 valence electrons. The number of carbonyl (C=O) groups excluding carboxylic acids is 3. The summed E-state index contributed by atoms with van der Waals surface area (Å²) < 4.78 is 10.1. The molecule has 2 aromatic rings. The van der Waals surface area contributed by atoms with Crippen LogP contribution < -0.4 is 20.5 Å². The van der Waals surface area contributed by atoms with E-state index in [-0.39, 0.29) is 6.42 Å². The van der Waals surface area contributed by atoms with E-state index in [0.29, 0.717) is 17.1 Å². The first-order valence-corrected chi connectivity index (χ1v) is 7.90. The van der Waals surface area contributed by atoms with Crippen LogP contribution in [-0.4, -0.2) is 30.9 Å². The number of carbonyl (C=O) groups is 3. The lowest BCUT2D eigenvalue weighted by atomic mass is 10.0. The number of esters is 1. The van der Waals surface area contributed by atoms with Gasteiger partial charge in [-0.1, -0.05) is 12.1 Å². The molecule has 0 aliphatic rings. The maximum Gasteiger partial charge on any atom is 0.308 e. The van der Waals surface area contributed by atoms with Crippen LogP contribution in [0, 0.1) is 0 Å². The van der Waals surface area contributed by atoms with Crippen molar-refractivity contribution in [1.29, 1.82) is 0 Å². The molecule has 0 saturated heterocycles. The lowest BCUT2D eigenvalue weighted by Crippen LogP contribution is -2.45. The molecule has 0 fully saturated rings. The maximum absolute atomic E-state index is 12.4. The fourth-order valence-corrected chi connectivity index (χ4v) is 2.34. The Hall–Kier alpha value is -3.35. The summed E-state index contributed by atoms with van der Waals surface area (Å²) in [5.74, 6) is -0.562. The molecule has 7 heteroatoms. The minimum Gasteiger partial charge on any atom is -0.497 e. The van der Waals surface area contributed by atoms with Crippen molar-refractivity contribution in [3.05, 3.63) is 59.7 Å². The van der Waals surface area contributed by atoms with Gasteiger partial charge in [0.2, 0.25) is 5.91 Å². The van der Waals surface area contributed by atoms with Crippen LogP contribution in [0.15, 0.2) is 48.5 Å². The second-order valence-electron chi connectivity index (χ2n) is 5.60. The third-order valence-electron chi connectivity index (χ3n) is 3.60. The zero-order valence-corrected chi connectivity index (χ0v) is 14.5. The Morgan fingerprint density at radius 2 is 1.77 bits per heavy atom. The highest BCUT2D eigenvalue weighted by atomic mass is 16.5. The van der Waals surface area contributed by atoms with Crippen molar-refractivity contribution >= 4 is 17.8 Å². The Balaban J connectivity index is 2.07. The third-order valence-corrected chi connectivity index (χ3v) is 3.60. The summed E-state index contributed by atoms with van der Waals surface area (Å²) >= 11 is 0. The van der Waals surface area contributed by atoms with Gasteiger partial charge in [-0.2, -0.15) is 0 Å². The number of primary amides is 1. The fraction of sp³-hybridized carbons (Fsp3) is 0.211. The molecule has 0 aliphatic carbocycles. The standard InChI is InChI=1S/C19H20N2O5/c1-12(22)26-15-8-6-14(7-9-15)19(24)21-17(18(20)23)11-13-4-3-5-16(10-13)25-2/h3-10,17H,11H2,1-2H3,(H2,20,23)(H,21,24)/t17-/m1/s1. The van der Waals surface area contributed by atoms with E-state index in [0.717, 1.165) is 5.56 Å². The van der Waals surface area contributed by atoms with Crippen LogP contribution in [0.5, 0.6) is 11.5 Å². The maximum atomic E-state index is 12.4. The van der Waals surface area contributed by atoms with Crippen molar-refractivity contribution in [2.45, 2.75) is 19.4 Å². The topological polar surface area (TPSA) is 108 Å². The SMILES string of the molecule is COc1cccc(C[C@@H](NC(=O)c2ccc(OC(C)=O)cc2)C(N)=O)c1. The summed E-state index contributed by atoms with van der Waals surface area (Å²) in [6.45, 7) is 1.29. The number of nitrogens with one attached hydrogen (secondary N) is 1. The Kier molecular flexibility index (Phi) is 6.32. The quantitative estimate of drug-likeness (QED) is 0.577. The van der Waals surface area contributed by atoms with Crippen molar-refractivity contribution in [1.82, 2.24) is 5.32 Å². The molecule has 0 radical (unpaired) electrons. The predicted octanol–water partition coefficient (Wildman–Crippen LogP) is 1.45. The van der Waals surface area contributed by atoms with Crippen LogP contribution in [-0.2, 0) is 16.0 Å². The second kappa shape index (κ2) is 8.66. The number of hydrogen-bond acceptors (Lipinski definition) is 5. The zero-order valence-electron chi connectivity index (χ0n) is 14.5. The molecular weight excluding hydrogens is 336 g/mol. The molecule has 2 amide bonds. The van der Waals surface area contributed by atoms with E-state index in [2.05, 4.69) is 5.32 Å². The molecule has 3 N–H and O–H groups in total. The summed E-state index contributed by atoms with van der Waals surface area (Å²) in [6.07, 6.45) is 0.240. The number of hydrogen-bond donors (Lipinski definition) is 2. The first kappa shape index (κ1) is 19.0.